The van der Waals surface area contributed by atoms with Crippen molar-refractivity contribution in [3.63, 3.8) is 0 Å². The van der Waals surface area contributed by atoms with E-state index in [0.29, 0.717) is 17.5 Å². The van der Waals surface area contributed by atoms with Gasteiger partial charge < -0.3 is 15.5 Å². The van der Waals surface area contributed by atoms with Gasteiger partial charge in [-0.05, 0) is 37.1 Å². The Balaban J connectivity index is 1.34. The summed E-state index contributed by atoms with van der Waals surface area (Å²) in [6.45, 7) is 6.41. The maximum atomic E-state index is 13.5. The van der Waals surface area contributed by atoms with Gasteiger partial charge in [0.05, 0.1) is 16.7 Å². The highest BCUT2D eigenvalue weighted by molar-refractivity contribution is 6.31. The van der Waals surface area contributed by atoms with E-state index in [0.717, 1.165) is 68.8 Å². The second kappa shape index (κ2) is 8.90. The second-order valence-electron chi connectivity index (χ2n) is 8.04. The van der Waals surface area contributed by atoms with Crippen LogP contribution in [-0.4, -0.2) is 65.2 Å². The lowest BCUT2D eigenvalue weighted by atomic mass is 10.0. The van der Waals surface area contributed by atoms with Crippen LogP contribution in [0.3, 0.4) is 0 Å². The van der Waals surface area contributed by atoms with Crippen molar-refractivity contribution >= 4 is 39.8 Å². The van der Waals surface area contributed by atoms with Crippen molar-refractivity contribution in [1.29, 1.82) is 0 Å². The van der Waals surface area contributed by atoms with Crippen LogP contribution in [-0.2, 0) is 0 Å². The summed E-state index contributed by atoms with van der Waals surface area (Å²) in [5, 5.41) is 7.60. The molecule has 2 N–H and O–H groups in total. The standard InChI is InChI=1S/C22H25ClFN7/c23-18-11-15(1-2-19(18)24)29-22-17-12-21(26-13-20(17)27-14-28-22)31-7-3-16(4-8-31)30-9-5-25-6-10-30/h1-2,11-14,16,25H,3-10H2,(H,27,28,29). The number of anilines is 3. The van der Waals surface area contributed by atoms with Crippen LogP contribution < -0.4 is 15.5 Å². The molecule has 0 spiro atoms. The number of nitrogens with zero attached hydrogens (tertiary/aromatic N) is 5. The molecule has 0 unspecified atom stereocenters. The first kappa shape index (κ1) is 20.4. The Hall–Kier alpha value is -2.55. The molecule has 1 aromatic carbocycles. The molecular formula is C22H25ClFN7. The van der Waals surface area contributed by atoms with E-state index in [-0.39, 0.29) is 5.02 Å². The smallest absolute Gasteiger partial charge is 0.141 e. The lowest BCUT2D eigenvalue weighted by Gasteiger charge is -2.40. The topological polar surface area (TPSA) is 69.2 Å². The molecule has 2 aromatic heterocycles. The molecule has 0 amide bonds. The number of piperazine rings is 1. The lowest BCUT2D eigenvalue weighted by Crippen LogP contribution is -2.52. The van der Waals surface area contributed by atoms with Gasteiger partial charge in [-0.3, -0.25) is 4.90 Å². The van der Waals surface area contributed by atoms with Crippen LogP contribution in [0.5, 0.6) is 0 Å². The molecule has 0 bridgehead atoms. The highest BCUT2D eigenvalue weighted by Crippen LogP contribution is 2.29. The zero-order valence-corrected chi connectivity index (χ0v) is 17.9. The molecule has 0 aliphatic carbocycles. The van der Waals surface area contributed by atoms with Crippen molar-refractivity contribution < 1.29 is 4.39 Å². The number of benzene rings is 1. The maximum absolute atomic E-state index is 13.5. The molecule has 9 heteroatoms. The molecule has 3 aromatic rings. The van der Waals surface area contributed by atoms with Crippen molar-refractivity contribution in [1.82, 2.24) is 25.2 Å². The maximum Gasteiger partial charge on any atom is 0.141 e. The first-order valence-electron chi connectivity index (χ1n) is 10.7. The number of aromatic nitrogens is 3. The van der Waals surface area contributed by atoms with Gasteiger partial charge in [-0.1, -0.05) is 11.6 Å². The highest BCUT2D eigenvalue weighted by Gasteiger charge is 2.26. The molecular weight excluding hydrogens is 417 g/mol. The van der Waals surface area contributed by atoms with E-state index >= 15 is 0 Å². The van der Waals surface area contributed by atoms with Crippen LogP contribution in [0.1, 0.15) is 12.8 Å². The Morgan fingerprint density at radius 3 is 2.61 bits per heavy atom. The summed E-state index contributed by atoms with van der Waals surface area (Å²) in [6, 6.07) is 7.21. The molecule has 2 fully saturated rings. The van der Waals surface area contributed by atoms with Crippen LogP contribution in [0.15, 0.2) is 36.8 Å². The Kier molecular flexibility index (Phi) is 5.85. The quantitative estimate of drug-likeness (QED) is 0.642. The molecule has 2 aliphatic heterocycles. The van der Waals surface area contributed by atoms with E-state index < -0.39 is 5.82 Å². The summed E-state index contributed by atoms with van der Waals surface area (Å²) < 4.78 is 13.5. The van der Waals surface area contributed by atoms with E-state index in [1.165, 1.54) is 12.4 Å². The summed E-state index contributed by atoms with van der Waals surface area (Å²) in [6.07, 6.45) is 5.57. The average Bonchev–Trinajstić information content (AvgIpc) is 2.82. The van der Waals surface area contributed by atoms with E-state index in [1.807, 2.05) is 6.07 Å². The summed E-state index contributed by atoms with van der Waals surface area (Å²) in [7, 11) is 0. The molecule has 5 rings (SSSR count). The molecule has 0 atom stereocenters. The SMILES string of the molecule is Fc1ccc(Nc2ncnc3cnc(N4CCC(N5CCNCC5)CC4)cc23)cc1Cl. The van der Waals surface area contributed by atoms with Crippen molar-refractivity contribution in [2.75, 3.05) is 49.5 Å². The van der Waals surface area contributed by atoms with Crippen LogP contribution in [0.25, 0.3) is 10.9 Å². The minimum atomic E-state index is -0.449. The largest absolute Gasteiger partial charge is 0.356 e. The Morgan fingerprint density at radius 2 is 1.84 bits per heavy atom. The van der Waals surface area contributed by atoms with E-state index in [2.05, 4.69) is 35.4 Å². The van der Waals surface area contributed by atoms with Gasteiger partial charge in [0.1, 0.15) is 23.8 Å². The molecule has 2 aliphatic rings. The van der Waals surface area contributed by atoms with Crippen LogP contribution in [0.4, 0.5) is 21.7 Å². The summed E-state index contributed by atoms with van der Waals surface area (Å²) in [4.78, 5) is 18.3. The predicted molar refractivity (Wildman–Crippen MR) is 122 cm³/mol. The molecule has 31 heavy (non-hydrogen) atoms. The number of hydrogen-bond donors (Lipinski definition) is 2. The monoisotopic (exact) mass is 441 g/mol. The van der Waals surface area contributed by atoms with Gasteiger partial charge in [-0.15, -0.1) is 0 Å². The third kappa shape index (κ3) is 4.42. The summed E-state index contributed by atoms with van der Waals surface area (Å²) >= 11 is 5.92. The lowest BCUT2D eigenvalue weighted by molar-refractivity contribution is 0.150. The molecule has 2 saturated heterocycles. The number of pyridine rings is 1. The van der Waals surface area contributed by atoms with E-state index in [4.69, 9.17) is 11.6 Å². The fourth-order valence-electron chi connectivity index (χ4n) is 4.44. The van der Waals surface area contributed by atoms with Crippen molar-refractivity contribution in [3.05, 3.63) is 47.6 Å². The zero-order chi connectivity index (χ0) is 21.2. The van der Waals surface area contributed by atoms with Crippen molar-refractivity contribution in [2.45, 2.75) is 18.9 Å². The van der Waals surface area contributed by atoms with Crippen LogP contribution in [0.2, 0.25) is 5.02 Å². The number of rotatable bonds is 4. The fourth-order valence-corrected chi connectivity index (χ4v) is 4.62. The Morgan fingerprint density at radius 1 is 1.03 bits per heavy atom. The van der Waals surface area contributed by atoms with Gasteiger partial charge in [0, 0.05) is 56.4 Å². The fraction of sp³-hybridized carbons (Fsp3) is 0.409. The minimum absolute atomic E-state index is 0.0677. The molecule has 7 nitrogen and oxygen atoms in total. The summed E-state index contributed by atoms with van der Waals surface area (Å²) in [5.74, 6) is 1.13. The predicted octanol–water partition coefficient (Wildman–Crippen LogP) is 3.43. The minimum Gasteiger partial charge on any atom is -0.356 e. The van der Waals surface area contributed by atoms with Gasteiger partial charge in [-0.2, -0.15) is 0 Å². The van der Waals surface area contributed by atoms with Crippen LogP contribution in [0, 0.1) is 5.82 Å². The zero-order valence-electron chi connectivity index (χ0n) is 17.2. The summed E-state index contributed by atoms with van der Waals surface area (Å²) in [5.41, 5.74) is 1.42. The number of fused-ring (bicyclic) bond motifs is 1. The molecule has 0 radical (unpaired) electrons. The number of hydrogen-bond acceptors (Lipinski definition) is 7. The second-order valence-corrected chi connectivity index (χ2v) is 8.45. The third-order valence-electron chi connectivity index (χ3n) is 6.15. The Bertz CT molecular complexity index is 1060. The van der Waals surface area contributed by atoms with Crippen molar-refractivity contribution in [2.24, 2.45) is 0 Å². The molecule has 0 saturated carbocycles. The van der Waals surface area contributed by atoms with Crippen LogP contribution >= 0.6 is 11.6 Å². The third-order valence-corrected chi connectivity index (χ3v) is 6.44. The number of halogens is 2. The molecule has 4 heterocycles. The Labute approximate surface area is 185 Å². The number of nitrogens with one attached hydrogen (secondary N) is 2. The highest BCUT2D eigenvalue weighted by atomic mass is 35.5. The normalized spacial score (nSPS) is 18.5. The number of piperidine rings is 1. The average molecular weight is 442 g/mol. The van der Waals surface area contributed by atoms with Gasteiger partial charge in [-0.25, -0.2) is 19.3 Å². The molecule has 162 valence electrons. The van der Waals surface area contributed by atoms with Gasteiger partial charge in [0.15, 0.2) is 0 Å². The first-order valence-corrected chi connectivity index (χ1v) is 11.1. The first-order chi connectivity index (χ1) is 15.2. The van der Waals surface area contributed by atoms with Gasteiger partial charge >= 0.3 is 0 Å². The van der Waals surface area contributed by atoms with E-state index in [1.54, 1.807) is 18.3 Å². The van der Waals surface area contributed by atoms with E-state index in [9.17, 15) is 4.39 Å². The van der Waals surface area contributed by atoms with Gasteiger partial charge in [0.25, 0.3) is 0 Å². The van der Waals surface area contributed by atoms with Crippen molar-refractivity contribution in [3.8, 4) is 0 Å². The van der Waals surface area contributed by atoms with Gasteiger partial charge in [0.2, 0.25) is 0 Å².